The predicted octanol–water partition coefficient (Wildman–Crippen LogP) is 4.32. The van der Waals surface area contributed by atoms with Gasteiger partial charge in [0.05, 0.1) is 17.5 Å². The van der Waals surface area contributed by atoms with Crippen LogP contribution in [0.2, 0.25) is 0 Å². The third kappa shape index (κ3) is 4.14. The zero-order valence-electron chi connectivity index (χ0n) is 16.0. The van der Waals surface area contributed by atoms with Crippen molar-refractivity contribution in [1.29, 1.82) is 0 Å². The summed E-state index contributed by atoms with van der Waals surface area (Å²) in [6.07, 6.45) is 4.98. The van der Waals surface area contributed by atoms with Gasteiger partial charge >= 0.3 is 0 Å². The number of rotatable bonds is 5. The molecule has 0 radical (unpaired) electrons. The molecule has 3 aromatic heterocycles. The smallest absolute Gasteiger partial charge is 0.259 e. The maximum atomic E-state index is 12.7. The van der Waals surface area contributed by atoms with Crippen LogP contribution in [0.4, 0.5) is 5.69 Å². The molecule has 0 aliphatic rings. The highest BCUT2D eigenvalue weighted by atomic mass is 16.5. The van der Waals surface area contributed by atoms with Crippen LogP contribution in [-0.2, 0) is 0 Å². The van der Waals surface area contributed by atoms with Crippen LogP contribution in [0, 0.1) is 13.8 Å². The molecular formula is C22H19N5O2. The molecule has 0 spiro atoms. The highest BCUT2D eigenvalue weighted by Gasteiger charge is 2.15. The minimum atomic E-state index is -0.237. The quantitative estimate of drug-likeness (QED) is 0.553. The molecule has 0 aliphatic heterocycles. The Morgan fingerprint density at radius 2 is 1.79 bits per heavy atom. The Labute approximate surface area is 168 Å². The molecule has 0 bridgehead atoms. The van der Waals surface area contributed by atoms with Crippen molar-refractivity contribution >= 4 is 11.6 Å². The summed E-state index contributed by atoms with van der Waals surface area (Å²) in [6.45, 7) is 3.80. The predicted molar refractivity (Wildman–Crippen MR) is 110 cm³/mol. The molecule has 29 heavy (non-hydrogen) atoms. The first-order valence-corrected chi connectivity index (χ1v) is 9.08. The Balaban J connectivity index is 1.45. The number of hydrogen-bond donors (Lipinski definition) is 1. The molecule has 0 aliphatic carbocycles. The largest absolute Gasteiger partial charge is 0.439 e. The van der Waals surface area contributed by atoms with Crippen molar-refractivity contribution in [1.82, 2.24) is 19.7 Å². The summed E-state index contributed by atoms with van der Waals surface area (Å²) in [6, 6.07) is 16.4. The summed E-state index contributed by atoms with van der Waals surface area (Å²) >= 11 is 0. The molecule has 7 heteroatoms. The van der Waals surface area contributed by atoms with E-state index >= 15 is 0 Å². The third-order valence-electron chi connectivity index (χ3n) is 4.34. The average molecular weight is 385 g/mol. The lowest BCUT2D eigenvalue weighted by Gasteiger charge is -2.08. The molecule has 1 N–H and O–H groups in total. The zero-order chi connectivity index (χ0) is 20.2. The molecule has 0 saturated heterocycles. The monoisotopic (exact) mass is 385 g/mol. The number of carbonyl (C=O) groups excluding carboxylic acids is 1. The number of anilines is 1. The number of aromatic nitrogens is 4. The molecule has 0 unspecified atom stereocenters. The van der Waals surface area contributed by atoms with Gasteiger partial charge in [0.15, 0.2) is 5.82 Å². The van der Waals surface area contributed by atoms with Crippen LogP contribution >= 0.6 is 0 Å². The standard InChI is InChI=1S/C22H19N5O2/c1-15-6-11-21(24-13-15)29-18-9-7-17(8-10-18)26-22(28)19-14-25-27(16(19)2)20-5-3-4-12-23-20/h3-14H,1-2H3,(H,26,28). The number of carbonyl (C=O) groups is 1. The summed E-state index contributed by atoms with van der Waals surface area (Å²) in [5.41, 5.74) is 2.92. The summed E-state index contributed by atoms with van der Waals surface area (Å²) in [7, 11) is 0. The van der Waals surface area contributed by atoms with Crippen molar-refractivity contribution in [3.63, 3.8) is 0 Å². The summed E-state index contributed by atoms with van der Waals surface area (Å²) in [5, 5.41) is 7.16. The molecular weight excluding hydrogens is 366 g/mol. The molecule has 4 rings (SSSR count). The van der Waals surface area contributed by atoms with Gasteiger partial charge in [-0.15, -0.1) is 0 Å². The molecule has 144 valence electrons. The van der Waals surface area contributed by atoms with E-state index in [-0.39, 0.29) is 5.91 Å². The van der Waals surface area contributed by atoms with Gasteiger partial charge in [-0.2, -0.15) is 5.10 Å². The van der Waals surface area contributed by atoms with Crippen LogP contribution in [0.3, 0.4) is 0 Å². The van der Waals surface area contributed by atoms with E-state index < -0.39 is 0 Å². The van der Waals surface area contributed by atoms with Crippen LogP contribution in [0.5, 0.6) is 11.6 Å². The second kappa shape index (κ2) is 7.93. The van der Waals surface area contributed by atoms with Gasteiger partial charge < -0.3 is 10.1 Å². The molecule has 0 fully saturated rings. The van der Waals surface area contributed by atoms with E-state index in [4.69, 9.17) is 4.74 Å². The van der Waals surface area contributed by atoms with E-state index in [1.807, 2.05) is 44.2 Å². The number of benzene rings is 1. The van der Waals surface area contributed by atoms with Crippen molar-refractivity contribution in [3.8, 4) is 17.4 Å². The van der Waals surface area contributed by atoms with Gasteiger partial charge in [0.1, 0.15) is 5.75 Å². The van der Waals surface area contributed by atoms with Gasteiger partial charge in [-0.25, -0.2) is 14.6 Å². The molecule has 7 nitrogen and oxygen atoms in total. The summed E-state index contributed by atoms with van der Waals surface area (Å²) in [5.74, 6) is 1.58. The van der Waals surface area contributed by atoms with Gasteiger partial charge in [0, 0.05) is 24.1 Å². The maximum Gasteiger partial charge on any atom is 0.259 e. The Morgan fingerprint density at radius 3 is 2.48 bits per heavy atom. The lowest BCUT2D eigenvalue weighted by Crippen LogP contribution is -2.13. The number of aryl methyl sites for hydroxylation is 1. The molecule has 0 saturated carbocycles. The minimum Gasteiger partial charge on any atom is -0.439 e. The Kier molecular flexibility index (Phi) is 5.03. The highest BCUT2D eigenvalue weighted by molar-refractivity contribution is 6.05. The first-order valence-electron chi connectivity index (χ1n) is 9.08. The number of nitrogens with one attached hydrogen (secondary N) is 1. The van der Waals surface area contributed by atoms with Crippen LogP contribution in [0.15, 0.2) is 73.2 Å². The molecule has 1 aromatic carbocycles. The van der Waals surface area contributed by atoms with Gasteiger partial charge in [-0.1, -0.05) is 12.1 Å². The SMILES string of the molecule is Cc1ccc(Oc2ccc(NC(=O)c3cnn(-c4ccccn4)c3C)cc2)nc1. The van der Waals surface area contributed by atoms with Gasteiger partial charge in [0.25, 0.3) is 5.91 Å². The number of amides is 1. The van der Waals surface area contributed by atoms with Gasteiger partial charge in [-0.3, -0.25) is 4.79 Å². The number of nitrogens with zero attached hydrogens (tertiary/aromatic N) is 4. The van der Waals surface area contributed by atoms with Crippen LogP contribution in [0.1, 0.15) is 21.6 Å². The second-order valence-electron chi connectivity index (χ2n) is 6.50. The van der Waals surface area contributed by atoms with Crippen molar-refractivity contribution in [2.75, 3.05) is 5.32 Å². The average Bonchev–Trinajstić information content (AvgIpc) is 3.13. The molecule has 4 aromatic rings. The molecule has 3 heterocycles. The second-order valence-corrected chi connectivity index (χ2v) is 6.50. The van der Waals surface area contributed by atoms with Crippen molar-refractivity contribution in [2.24, 2.45) is 0 Å². The Hall–Kier alpha value is -4.00. The van der Waals surface area contributed by atoms with E-state index in [0.717, 1.165) is 5.56 Å². The van der Waals surface area contributed by atoms with Crippen molar-refractivity contribution in [2.45, 2.75) is 13.8 Å². The third-order valence-corrected chi connectivity index (χ3v) is 4.34. The van der Waals surface area contributed by atoms with Crippen molar-refractivity contribution in [3.05, 3.63) is 90.0 Å². The van der Waals surface area contributed by atoms with Gasteiger partial charge in [0.2, 0.25) is 5.88 Å². The zero-order valence-corrected chi connectivity index (χ0v) is 16.0. The van der Waals surface area contributed by atoms with Gasteiger partial charge in [-0.05, 0) is 55.8 Å². The molecule has 1 amide bonds. The summed E-state index contributed by atoms with van der Waals surface area (Å²) in [4.78, 5) is 21.1. The van der Waals surface area contributed by atoms with Crippen molar-refractivity contribution < 1.29 is 9.53 Å². The number of pyridine rings is 2. The van der Waals surface area contributed by atoms with E-state index in [1.165, 1.54) is 0 Å². The highest BCUT2D eigenvalue weighted by Crippen LogP contribution is 2.22. The first-order chi connectivity index (χ1) is 14.1. The van der Waals surface area contributed by atoms with E-state index in [1.54, 1.807) is 47.5 Å². The Morgan fingerprint density at radius 1 is 0.966 bits per heavy atom. The lowest BCUT2D eigenvalue weighted by atomic mass is 10.2. The minimum absolute atomic E-state index is 0.237. The first kappa shape index (κ1) is 18.4. The van der Waals surface area contributed by atoms with Crippen LogP contribution in [0.25, 0.3) is 5.82 Å². The van der Waals surface area contributed by atoms with E-state index in [0.29, 0.717) is 34.4 Å². The number of hydrogen-bond acceptors (Lipinski definition) is 5. The fraction of sp³-hybridized carbons (Fsp3) is 0.0909. The van der Waals surface area contributed by atoms with E-state index in [2.05, 4.69) is 20.4 Å². The lowest BCUT2D eigenvalue weighted by molar-refractivity contribution is 0.102. The number of ether oxygens (including phenoxy) is 1. The Bertz CT molecular complexity index is 1120. The van der Waals surface area contributed by atoms with Crippen LogP contribution < -0.4 is 10.1 Å². The maximum absolute atomic E-state index is 12.7. The van der Waals surface area contributed by atoms with E-state index in [9.17, 15) is 4.79 Å². The van der Waals surface area contributed by atoms with Crippen LogP contribution in [-0.4, -0.2) is 25.7 Å². The summed E-state index contributed by atoms with van der Waals surface area (Å²) < 4.78 is 7.34. The fourth-order valence-electron chi connectivity index (χ4n) is 2.78. The normalized spacial score (nSPS) is 10.6. The molecule has 0 atom stereocenters. The fourth-order valence-corrected chi connectivity index (χ4v) is 2.78. The topological polar surface area (TPSA) is 81.9 Å².